The highest BCUT2D eigenvalue weighted by Gasteiger charge is 2.11. The van der Waals surface area contributed by atoms with Gasteiger partial charge < -0.3 is 19.9 Å². The van der Waals surface area contributed by atoms with Gasteiger partial charge in [-0.1, -0.05) is 17.7 Å². The maximum absolute atomic E-state index is 12.5. The van der Waals surface area contributed by atoms with Crippen molar-refractivity contribution in [1.82, 2.24) is 25.4 Å². The summed E-state index contributed by atoms with van der Waals surface area (Å²) >= 11 is 0. The Morgan fingerprint density at radius 1 is 1.32 bits per heavy atom. The van der Waals surface area contributed by atoms with Crippen LogP contribution in [0.2, 0.25) is 0 Å². The Morgan fingerprint density at radius 3 is 2.76 bits per heavy atom. The predicted octanol–water partition coefficient (Wildman–Crippen LogP) is 2.07. The fourth-order valence-corrected chi connectivity index (χ4v) is 2.30. The molecule has 0 fully saturated rings. The van der Waals surface area contributed by atoms with Gasteiger partial charge in [0.2, 0.25) is 0 Å². The van der Waals surface area contributed by atoms with Crippen molar-refractivity contribution in [1.29, 1.82) is 0 Å². The summed E-state index contributed by atoms with van der Waals surface area (Å²) in [6.07, 6.45) is 1.66. The quantitative estimate of drug-likeness (QED) is 0.589. The minimum Gasteiger partial charge on any atom is -0.434 e. The molecule has 2 aromatic rings. The van der Waals surface area contributed by atoms with Crippen LogP contribution in [0.3, 0.4) is 0 Å². The van der Waals surface area contributed by atoms with Crippen LogP contribution in [-0.4, -0.2) is 34.4 Å². The highest BCUT2D eigenvalue weighted by Crippen LogP contribution is 2.21. The van der Waals surface area contributed by atoms with Crippen LogP contribution in [-0.2, 0) is 19.6 Å². The van der Waals surface area contributed by atoms with Crippen molar-refractivity contribution in [3.8, 4) is 5.75 Å². The van der Waals surface area contributed by atoms with Crippen LogP contribution in [0.5, 0.6) is 5.75 Å². The number of aliphatic imine (C=N–C) groups is 1. The van der Waals surface area contributed by atoms with Crippen molar-refractivity contribution < 1.29 is 13.5 Å². The van der Waals surface area contributed by atoms with Crippen molar-refractivity contribution in [2.24, 2.45) is 4.99 Å². The summed E-state index contributed by atoms with van der Waals surface area (Å²) < 4.78 is 31.5. The van der Waals surface area contributed by atoms with Crippen molar-refractivity contribution >= 4 is 5.96 Å². The highest BCUT2D eigenvalue weighted by molar-refractivity contribution is 5.79. The molecule has 0 atom stereocenters. The van der Waals surface area contributed by atoms with Gasteiger partial charge in [0.25, 0.3) is 0 Å². The standard InChI is InChI=1S/C16H22F2N6O/c1-4-24-10-22-23-14(24)9-21-16(19-3)20-8-12-7-11(2)5-6-13(12)25-15(17)18/h5-7,10,15H,4,8-9H2,1-3H3,(H2,19,20,21). The molecule has 1 aromatic carbocycles. The third kappa shape index (κ3) is 5.40. The molecule has 0 radical (unpaired) electrons. The molecule has 0 spiro atoms. The number of rotatable bonds is 7. The van der Waals surface area contributed by atoms with E-state index >= 15 is 0 Å². The molecule has 0 bridgehead atoms. The summed E-state index contributed by atoms with van der Waals surface area (Å²) in [7, 11) is 1.63. The molecule has 0 aliphatic heterocycles. The van der Waals surface area contributed by atoms with E-state index in [-0.39, 0.29) is 5.75 Å². The Balaban J connectivity index is 1.97. The van der Waals surface area contributed by atoms with E-state index in [1.54, 1.807) is 31.6 Å². The Labute approximate surface area is 145 Å². The van der Waals surface area contributed by atoms with E-state index in [1.807, 2.05) is 18.4 Å². The van der Waals surface area contributed by atoms with Crippen molar-refractivity contribution in [3.63, 3.8) is 0 Å². The van der Waals surface area contributed by atoms with Gasteiger partial charge in [-0.15, -0.1) is 10.2 Å². The maximum atomic E-state index is 12.5. The van der Waals surface area contributed by atoms with E-state index in [0.29, 0.717) is 24.6 Å². The lowest BCUT2D eigenvalue weighted by atomic mass is 10.1. The molecule has 7 nitrogen and oxygen atoms in total. The van der Waals surface area contributed by atoms with Gasteiger partial charge in [-0.05, 0) is 19.9 Å². The van der Waals surface area contributed by atoms with Crippen LogP contribution in [0.25, 0.3) is 0 Å². The van der Waals surface area contributed by atoms with Gasteiger partial charge in [-0.2, -0.15) is 8.78 Å². The molecule has 0 unspecified atom stereocenters. The van der Waals surface area contributed by atoms with Crippen LogP contribution in [0.15, 0.2) is 29.5 Å². The van der Waals surface area contributed by atoms with Gasteiger partial charge >= 0.3 is 6.61 Å². The van der Waals surface area contributed by atoms with E-state index in [0.717, 1.165) is 17.9 Å². The molecule has 2 rings (SSSR count). The Kier molecular flexibility index (Phi) is 6.67. The second-order valence-corrected chi connectivity index (χ2v) is 5.30. The Morgan fingerprint density at radius 2 is 2.08 bits per heavy atom. The lowest BCUT2D eigenvalue weighted by Gasteiger charge is -2.15. The summed E-state index contributed by atoms with van der Waals surface area (Å²) in [6.45, 7) is 2.54. The number of benzene rings is 1. The number of halogens is 2. The summed E-state index contributed by atoms with van der Waals surface area (Å²) in [6, 6.07) is 5.07. The van der Waals surface area contributed by atoms with E-state index in [2.05, 4.69) is 30.6 Å². The molecule has 9 heteroatoms. The second kappa shape index (κ2) is 8.95. The minimum absolute atomic E-state index is 0.147. The summed E-state index contributed by atoms with van der Waals surface area (Å²) in [5.41, 5.74) is 1.58. The van der Waals surface area contributed by atoms with E-state index in [1.165, 1.54) is 0 Å². The number of hydrogen-bond acceptors (Lipinski definition) is 4. The van der Waals surface area contributed by atoms with Crippen LogP contribution in [0.4, 0.5) is 8.78 Å². The van der Waals surface area contributed by atoms with Crippen molar-refractivity contribution in [2.45, 2.75) is 40.1 Å². The average molecular weight is 352 g/mol. The molecular formula is C16H22F2N6O. The summed E-state index contributed by atoms with van der Waals surface area (Å²) in [5, 5.41) is 14.1. The number of hydrogen-bond donors (Lipinski definition) is 2. The molecule has 136 valence electrons. The van der Waals surface area contributed by atoms with Crippen LogP contribution < -0.4 is 15.4 Å². The summed E-state index contributed by atoms with van der Waals surface area (Å²) in [4.78, 5) is 4.12. The van der Waals surface area contributed by atoms with Gasteiger partial charge in [0.1, 0.15) is 12.1 Å². The molecule has 2 N–H and O–H groups in total. The van der Waals surface area contributed by atoms with Gasteiger partial charge in [0, 0.05) is 25.7 Å². The molecule has 0 saturated heterocycles. The zero-order valence-corrected chi connectivity index (χ0v) is 14.5. The normalized spacial score (nSPS) is 11.7. The first-order chi connectivity index (χ1) is 12.0. The largest absolute Gasteiger partial charge is 0.434 e. The average Bonchev–Trinajstić information content (AvgIpc) is 3.04. The van der Waals surface area contributed by atoms with Gasteiger partial charge in [0.05, 0.1) is 6.54 Å². The van der Waals surface area contributed by atoms with Crippen LogP contribution >= 0.6 is 0 Å². The second-order valence-electron chi connectivity index (χ2n) is 5.30. The number of aromatic nitrogens is 3. The fourth-order valence-electron chi connectivity index (χ4n) is 2.30. The van der Waals surface area contributed by atoms with E-state index in [4.69, 9.17) is 0 Å². The number of guanidine groups is 1. The van der Waals surface area contributed by atoms with E-state index in [9.17, 15) is 8.78 Å². The van der Waals surface area contributed by atoms with Crippen LogP contribution in [0, 0.1) is 6.92 Å². The predicted molar refractivity (Wildman–Crippen MR) is 90.5 cm³/mol. The SMILES string of the molecule is CCn1cnnc1CNC(=NC)NCc1cc(C)ccc1OC(F)F. The zero-order valence-electron chi connectivity index (χ0n) is 14.5. The lowest BCUT2D eigenvalue weighted by molar-refractivity contribution is -0.0504. The Bertz CT molecular complexity index is 716. The summed E-state index contributed by atoms with van der Waals surface area (Å²) in [5.74, 6) is 1.45. The molecule has 25 heavy (non-hydrogen) atoms. The Hall–Kier alpha value is -2.71. The van der Waals surface area contributed by atoms with Gasteiger partial charge in [-0.3, -0.25) is 4.99 Å². The monoisotopic (exact) mass is 352 g/mol. The topological polar surface area (TPSA) is 76.4 Å². The first kappa shape index (κ1) is 18.6. The van der Waals surface area contributed by atoms with Crippen LogP contribution in [0.1, 0.15) is 23.9 Å². The highest BCUT2D eigenvalue weighted by atomic mass is 19.3. The maximum Gasteiger partial charge on any atom is 0.387 e. The first-order valence-corrected chi connectivity index (χ1v) is 7.89. The minimum atomic E-state index is -2.86. The van der Waals surface area contributed by atoms with Crippen molar-refractivity contribution in [2.75, 3.05) is 7.05 Å². The molecule has 0 saturated carbocycles. The third-order valence-corrected chi connectivity index (χ3v) is 3.55. The van der Waals surface area contributed by atoms with Gasteiger partial charge in [-0.25, -0.2) is 0 Å². The molecule has 0 amide bonds. The lowest BCUT2D eigenvalue weighted by Crippen LogP contribution is -2.37. The molecule has 1 aromatic heterocycles. The number of nitrogens with zero attached hydrogens (tertiary/aromatic N) is 4. The van der Waals surface area contributed by atoms with Crippen molar-refractivity contribution in [3.05, 3.63) is 41.5 Å². The molecule has 0 aliphatic carbocycles. The fraction of sp³-hybridized carbons (Fsp3) is 0.438. The molecule has 1 heterocycles. The first-order valence-electron chi connectivity index (χ1n) is 7.89. The number of ether oxygens (including phenoxy) is 1. The molecular weight excluding hydrogens is 330 g/mol. The van der Waals surface area contributed by atoms with E-state index < -0.39 is 6.61 Å². The van der Waals surface area contributed by atoms with Gasteiger partial charge in [0.15, 0.2) is 11.8 Å². The number of nitrogens with one attached hydrogen (secondary N) is 2. The number of alkyl halides is 2. The third-order valence-electron chi connectivity index (χ3n) is 3.55. The molecule has 0 aliphatic rings. The smallest absolute Gasteiger partial charge is 0.387 e. The number of aryl methyl sites for hydroxylation is 2. The zero-order chi connectivity index (χ0) is 18.2.